The fraction of sp³-hybridized carbons (Fsp3) is 0.188. The van der Waals surface area contributed by atoms with Crippen LogP contribution in [0.3, 0.4) is 0 Å². The van der Waals surface area contributed by atoms with Crippen LogP contribution in [0.4, 0.5) is 0 Å². The van der Waals surface area contributed by atoms with Crippen LogP contribution in [0.2, 0.25) is 10.0 Å². The van der Waals surface area contributed by atoms with Crippen LogP contribution in [-0.2, 0) is 5.41 Å². The molecule has 2 aromatic rings. The Morgan fingerprint density at radius 1 is 1.25 bits per heavy atom. The lowest BCUT2D eigenvalue weighted by Gasteiger charge is -2.19. The molecule has 0 atom stereocenters. The van der Waals surface area contributed by atoms with E-state index in [1.165, 1.54) is 6.20 Å². The Kier molecular flexibility index (Phi) is 3.23. The molecular formula is C16H13Cl2NO. The SMILES string of the molecule is C=C(c1ccc(Cl)cc1Cl)C1(c2ccc[n+]([O-])c2)CC1. The molecule has 0 saturated heterocycles. The quantitative estimate of drug-likeness (QED) is 0.611. The Morgan fingerprint density at radius 3 is 2.60 bits per heavy atom. The Balaban J connectivity index is 2.02. The summed E-state index contributed by atoms with van der Waals surface area (Å²) in [5.74, 6) is 0. The average molecular weight is 306 g/mol. The van der Waals surface area contributed by atoms with Crippen LogP contribution in [0.15, 0.2) is 49.3 Å². The number of benzene rings is 1. The Morgan fingerprint density at radius 2 is 2.00 bits per heavy atom. The summed E-state index contributed by atoms with van der Waals surface area (Å²) in [5.41, 5.74) is 2.68. The first-order valence-corrected chi connectivity index (χ1v) is 7.13. The largest absolute Gasteiger partial charge is 0.619 e. The van der Waals surface area contributed by atoms with Crippen molar-refractivity contribution in [1.82, 2.24) is 0 Å². The van der Waals surface area contributed by atoms with E-state index in [2.05, 4.69) is 6.58 Å². The number of nitrogens with zero attached hydrogens (tertiary/aromatic N) is 1. The highest BCUT2D eigenvalue weighted by Crippen LogP contribution is 2.57. The van der Waals surface area contributed by atoms with E-state index in [4.69, 9.17) is 23.2 Å². The maximum Gasteiger partial charge on any atom is 0.184 e. The third-order valence-electron chi connectivity index (χ3n) is 3.91. The van der Waals surface area contributed by atoms with Gasteiger partial charge >= 0.3 is 0 Å². The van der Waals surface area contributed by atoms with Crippen LogP contribution in [0.25, 0.3) is 5.57 Å². The van der Waals surface area contributed by atoms with E-state index in [9.17, 15) is 5.21 Å². The summed E-state index contributed by atoms with van der Waals surface area (Å²) >= 11 is 12.2. The molecular weight excluding hydrogens is 293 g/mol. The minimum absolute atomic E-state index is 0.162. The molecule has 1 aromatic heterocycles. The van der Waals surface area contributed by atoms with E-state index in [1.54, 1.807) is 18.3 Å². The lowest BCUT2D eigenvalue weighted by atomic mass is 9.85. The van der Waals surface area contributed by atoms with Crippen LogP contribution >= 0.6 is 23.2 Å². The minimum Gasteiger partial charge on any atom is -0.619 e. The van der Waals surface area contributed by atoms with E-state index in [1.807, 2.05) is 18.2 Å². The van der Waals surface area contributed by atoms with Gasteiger partial charge in [-0.3, -0.25) is 0 Å². The fourth-order valence-electron chi connectivity index (χ4n) is 2.62. The molecule has 0 bridgehead atoms. The minimum atomic E-state index is -0.162. The van der Waals surface area contributed by atoms with Crippen molar-refractivity contribution in [3.63, 3.8) is 0 Å². The average Bonchev–Trinajstić information content (AvgIpc) is 3.19. The maximum absolute atomic E-state index is 11.5. The molecule has 0 amide bonds. The van der Waals surface area contributed by atoms with E-state index in [0.29, 0.717) is 10.0 Å². The molecule has 1 aliphatic rings. The fourth-order valence-corrected chi connectivity index (χ4v) is 3.14. The monoisotopic (exact) mass is 305 g/mol. The van der Waals surface area contributed by atoms with Gasteiger partial charge in [-0.2, -0.15) is 4.73 Å². The second-order valence-corrected chi connectivity index (χ2v) is 5.98. The van der Waals surface area contributed by atoms with Crippen molar-refractivity contribution in [3.8, 4) is 0 Å². The topological polar surface area (TPSA) is 26.9 Å². The number of hydrogen-bond acceptors (Lipinski definition) is 1. The lowest BCUT2D eigenvalue weighted by molar-refractivity contribution is -0.606. The summed E-state index contributed by atoms with van der Waals surface area (Å²) in [6, 6.07) is 9.15. The molecule has 1 fully saturated rings. The van der Waals surface area contributed by atoms with Gasteiger partial charge in [0.15, 0.2) is 12.4 Å². The third-order valence-corrected chi connectivity index (χ3v) is 4.46. The number of pyridine rings is 1. The molecule has 0 N–H and O–H groups in total. The van der Waals surface area contributed by atoms with Gasteiger partial charge in [0.1, 0.15) is 0 Å². The van der Waals surface area contributed by atoms with Crippen molar-refractivity contribution in [3.05, 3.63) is 75.7 Å². The third kappa shape index (κ3) is 2.19. The molecule has 3 rings (SSSR count). The molecule has 0 radical (unpaired) electrons. The van der Waals surface area contributed by atoms with E-state index in [-0.39, 0.29) is 5.41 Å². The van der Waals surface area contributed by atoms with Crippen molar-refractivity contribution in [2.24, 2.45) is 0 Å². The second-order valence-electron chi connectivity index (χ2n) is 5.14. The molecule has 0 aliphatic heterocycles. The summed E-state index contributed by atoms with van der Waals surface area (Å²) in [7, 11) is 0. The van der Waals surface area contributed by atoms with Gasteiger partial charge in [-0.15, -0.1) is 0 Å². The first-order chi connectivity index (χ1) is 9.53. The van der Waals surface area contributed by atoms with Crippen LogP contribution < -0.4 is 4.73 Å². The van der Waals surface area contributed by atoms with Gasteiger partial charge in [0, 0.05) is 27.1 Å². The molecule has 1 aliphatic carbocycles. The molecule has 1 heterocycles. The van der Waals surface area contributed by atoms with E-state index in [0.717, 1.165) is 34.3 Å². The van der Waals surface area contributed by atoms with Gasteiger partial charge in [0.25, 0.3) is 0 Å². The maximum atomic E-state index is 11.5. The zero-order valence-corrected chi connectivity index (χ0v) is 12.3. The summed E-state index contributed by atoms with van der Waals surface area (Å²) in [4.78, 5) is 0. The number of hydrogen-bond donors (Lipinski definition) is 0. The van der Waals surface area contributed by atoms with Crippen molar-refractivity contribution < 1.29 is 4.73 Å². The van der Waals surface area contributed by atoms with Crippen molar-refractivity contribution in [1.29, 1.82) is 0 Å². The van der Waals surface area contributed by atoms with Crippen LogP contribution in [0.5, 0.6) is 0 Å². The van der Waals surface area contributed by atoms with Gasteiger partial charge < -0.3 is 5.21 Å². The molecule has 0 unspecified atom stereocenters. The number of aromatic nitrogens is 1. The smallest absolute Gasteiger partial charge is 0.184 e. The molecule has 0 spiro atoms. The summed E-state index contributed by atoms with van der Waals surface area (Å²) < 4.78 is 0.826. The van der Waals surface area contributed by atoms with Crippen molar-refractivity contribution in [2.45, 2.75) is 18.3 Å². The summed E-state index contributed by atoms with van der Waals surface area (Å²) in [5, 5.41) is 12.7. The number of halogens is 2. The zero-order valence-electron chi connectivity index (χ0n) is 10.8. The Bertz CT molecular complexity index is 693. The number of rotatable bonds is 3. The van der Waals surface area contributed by atoms with Crippen LogP contribution in [0, 0.1) is 5.21 Å². The summed E-state index contributed by atoms with van der Waals surface area (Å²) in [6.45, 7) is 4.22. The standard InChI is InChI=1S/C16H13Cl2NO/c1-11(14-5-4-13(17)9-15(14)18)16(6-7-16)12-3-2-8-19(20)10-12/h2-5,8-10H,1,6-7H2. The van der Waals surface area contributed by atoms with Gasteiger partial charge in [0.05, 0.1) is 0 Å². The van der Waals surface area contributed by atoms with E-state index >= 15 is 0 Å². The van der Waals surface area contributed by atoms with Crippen molar-refractivity contribution >= 4 is 28.8 Å². The van der Waals surface area contributed by atoms with Gasteiger partial charge in [-0.1, -0.05) is 35.8 Å². The predicted molar refractivity (Wildman–Crippen MR) is 81.8 cm³/mol. The Hall–Kier alpha value is -1.51. The molecule has 4 heteroatoms. The molecule has 2 nitrogen and oxygen atoms in total. The van der Waals surface area contributed by atoms with Gasteiger partial charge in [0.2, 0.25) is 0 Å². The van der Waals surface area contributed by atoms with Crippen LogP contribution in [0.1, 0.15) is 24.0 Å². The molecule has 1 saturated carbocycles. The summed E-state index contributed by atoms with van der Waals surface area (Å²) in [6.07, 6.45) is 5.06. The molecule has 102 valence electrons. The van der Waals surface area contributed by atoms with Gasteiger partial charge in [-0.05, 0) is 42.2 Å². The molecule has 1 aromatic carbocycles. The zero-order chi connectivity index (χ0) is 14.3. The lowest BCUT2D eigenvalue weighted by Crippen LogP contribution is -2.26. The second kappa shape index (κ2) is 4.80. The normalized spacial score (nSPS) is 15.9. The predicted octanol–water partition coefficient (Wildman–Crippen LogP) is 4.37. The van der Waals surface area contributed by atoms with Crippen molar-refractivity contribution in [2.75, 3.05) is 0 Å². The highest BCUT2D eigenvalue weighted by molar-refractivity contribution is 6.35. The first-order valence-electron chi connectivity index (χ1n) is 6.37. The highest BCUT2D eigenvalue weighted by atomic mass is 35.5. The van der Waals surface area contributed by atoms with Gasteiger partial charge in [-0.25, -0.2) is 0 Å². The first kappa shape index (κ1) is 13.5. The van der Waals surface area contributed by atoms with Crippen LogP contribution in [-0.4, -0.2) is 0 Å². The highest BCUT2D eigenvalue weighted by Gasteiger charge is 2.48. The van der Waals surface area contributed by atoms with E-state index < -0.39 is 0 Å². The molecule has 20 heavy (non-hydrogen) atoms. The Labute approximate surface area is 127 Å². The number of allylic oxidation sites excluding steroid dienone is 1.